The number of ether oxygens (including phenoxy) is 2. The van der Waals surface area contributed by atoms with Crippen LogP contribution in [-0.2, 0) is 0 Å². The first kappa shape index (κ1) is 16.7. The van der Waals surface area contributed by atoms with E-state index in [1.165, 1.54) is 32.1 Å². The zero-order valence-corrected chi connectivity index (χ0v) is 15.6. The summed E-state index contributed by atoms with van der Waals surface area (Å²) in [5.74, 6) is 1.37. The van der Waals surface area contributed by atoms with Gasteiger partial charge in [0.2, 0.25) is 11.6 Å². The lowest BCUT2D eigenvalue weighted by molar-refractivity contribution is 0.174. The van der Waals surface area contributed by atoms with Gasteiger partial charge in [-0.3, -0.25) is 4.99 Å². The minimum atomic E-state index is 0.231. The van der Waals surface area contributed by atoms with E-state index in [1.807, 2.05) is 17.7 Å². The molecule has 7 heteroatoms. The molecule has 0 spiro atoms. The fourth-order valence-electron chi connectivity index (χ4n) is 3.13. The zero-order chi connectivity index (χ0) is 17.2. The Labute approximate surface area is 155 Å². The van der Waals surface area contributed by atoms with Crippen molar-refractivity contribution in [3.63, 3.8) is 0 Å². The van der Waals surface area contributed by atoms with Gasteiger partial charge in [-0.15, -0.1) is 11.3 Å². The third kappa shape index (κ3) is 3.60. The number of hydrogen-bond acceptors (Lipinski definition) is 5. The van der Waals surface area contributed by atoms with Gasteiger partial charge in [0.25, 0.3) is 0 Å². The van der Waals surface area contributed by atoms with Gasteiger partial charge < -0.3 is 9.47 Å². The summed E-state index contributed by atoms with van der Waals surface area (Å²) in [4.78, 5) is 5.86. The van der Waals surface area contributed by atoms with Gasteiger partial charge in [0.1, 0.15) is 0 Å². The molecule has 1 aromatic heterocycles. The largest absolute Gasteiger partial charge is 0.454 e. The lowest BCUT2D eigenvalue weighted by atomic mass is 9.96. The van der Waals surface area contributed by atoms with Crippen LogP contribution in [0.25, 0.3) is 0 Å². The maximum absolute atomic E-state index is 6.33. The summed E-state index contributed by atoms with van der Waals surface area (Å²) in [6, 6.07) is 4.04. The molecule has 0 unspecified atom stereocenters. The molecule has 1 fully saturated rings. The lowest BCUT2D eigenvalue weighted by Crippen LogP contribution is -2.19. The highest BCUT2D eigenvalue weighted by Gasteiger charge is 2.16. The van der Waals surface area contributed by atoms with E-state index in [2.05, 4.69) is 10.5 Å². The molecule has 1 aliphatic heterocycles. The summed E-state index contributed by atoms with van der Waals surface area (Å²) in [5.41, 5.74) is 1.86. The Morgan fingerprint density at radius 2 is 1.96 bits per heavy atom. The molecule has 2 heterocycles. The second-order valence-electron chi connectivity index (χ2n) is 6.36. The molecule has 132 valence electrons. The molecule has 0 amide bonds. The van der Waals surface area contributed by atoms with Gasteiger partial charge in [0, 0.05) is 17.0 Å². The Kier molecular flexibility index (Phi) is 4.81. The van der Waals surface area contributed by atoms with Gasteiger partial charge in [0.15, 0.2) is 11.5 Å². The van der Waals surface area contributed by atoms with Gasteiger partial charge in [0.05, 0.1) is 23.0 Å². The number of hydrogen-bond donors (Lipinski definition) is 0. The number of halogens is 1. The zero-order valence-electron chi connectivity index (χ0n) is 14.1. The second-order valence-corrected chi connectivity index (χ2v) is 7.61. The molecule has 0 saturated heterocycles. The standard InChI is InChI=1S/C18H20ClN3O2S/c1-12-10-25-18(21-14-5-3-2-4-6-14)22(12)20-9-13-7-16-17(8-15(13)19)24-11-23-16/h7-10,14H,2-6,11H2,1H3/b20-9+,21-18?. The molecule has 1 saturated carbocycles. The smallest absolute Gasteiger partial charge is 0.231 e. The maximum atomic E-state index is 6.33. The lowest BCUT2D eigenvalue weighted by Gasteiger charge is -2.16. The summed E-state index contributed by atoms with van der Waals surface area (Å²) < 4.78 is 12.6. The molecule has 2 aromatic rings. The third-order valence-electron chi connectivity index (χ3n) is 4.52. The predicted octanol–water partition coefficient (Wildman–Crippen LogP) is 4.36. The van der Waals surface area contributed by atoms with Crippen LogP contribution in [0.4, 0.5) is 0 Å². The summed E-state index contributed by atoms with van der Waals surface area (Å²) >= 11 is 7.96. The van der Waals surface area contributed by atoms with E-state index in [4.69, 9.17) is 26.1 Å². The minimum absolute atomic E-state index is 0.231. The van der Waals surface area contributed by atoms with Crippen molar-refractivity contribution in [3.05, 3.63) is 38.6 Å². The van der Waals surface area contributed by atoms with Crippen LogP contribution >= 0.6 is 22.9 Å². The highest BCUT2D eigenvalue weighted by Crippen LogP contribution is 2.36. The fraction of sp³-hybridized carbons (Fsp3) is 0.444. The van der Waals surface area contributed by atoms with Crippen molar-refractivity contribution < 1.29 is 9.47 Å². The Hall–Kier alpha value is -1.79. The fourth-order valence-corrected chi connectivity index (χ4v) is 4.21. The summed E-state index contributed by atoms with van der Waals surface area (Å²) in [7, 11) is 0. The number of thiazole rings is 1. The quantitative estimate of drug-likeness (QED) is 0.746. The molecule has 0 N–H and O–H groups in total. The van der Waals surface area contributed by atoms with Crippen LogP contribution in [0.15, 0.2) is 27.6 Å². The molecule has 25 heavy (non-hydrogen) atoms. The first-order chi connectivity index (χ1) is 12.2. The molecule has 4 rings (SSSR count). The predicted molar refractivity (Wildman–Crippen MR) is 100 cm³/mol. The van der Waals surface area contributed by atoms with Crippen LogP contribution in [-0.4, -0.2) is 23.7 Å². The number of rotatable bonds is 3. The average Bonchev–Trinajstić information content (AvgIpc) is 3.20. The molecule has 2 aliphatic rings. The van der Waals surface area contributed by atoms with Crippen molar-refractivity contribution >= 4 is 29.2 Å². The van der Waals surface area contributed by atoms with Crippen LogP contribution in [0.5, 0.6) is 11.5 Å². The maximum Gasteiger partial charge on any atom is 0.231 e. The first-order valence-corrected chi connectivity index (χ1v) is 9.81. The minimum Gasteiger partial charge on any atom is -0.454 e. The van der Waals surface area contributed by atoms with Crippen LogP contribution in [0.3, 0.4) is 0 Å². The van der Waals surface area contributed by atoms with Gasteiger partial charge in [-0.25, -0.2) is 4.68 Å². The van der Waals surface area contributed by atoms with Crippen molar-refractivity contribution in [1.82, 2.24) is 4.68 Å². The number of aryl methyl sites for hydroxylation is 1. The van der Waals surface area contributed by atoms with E-state index in [9.17, 15) is 0 Å². The molecule has 5 nitrogen and oxygen atoms in total. The van der Waals surface area contributed by atoms with Gasteiger partial charge in [-0.05, 0) is 25.8 Å². The Balaban J connectivity index is 1.64. The molecular formula is C18H20ClN3O2S. The van der Waals surface area contributed by atoms with E-state index in [-0.39, 0.29) is 6.79 Å². The van der Waals surface area contributed by atoms with Crippen molar-refractivity contribution in [2.75, 3.05) is 6.79 Å². The SMILES string of the molecule is Cc1csc(=NC2CCCCC2)n1/N=C/c1cc2c(cc1Cl)OCO2. The summed E-state index contributed by atoms with van der Waals surface area (Å²) in [6.07, 6.45) is 7.98. The molecular weight excluding hydrogens is 358 g/mol. The van der Waals surface area contributed by atoms with Crippen molar-refractivity contribution in [3.8, 4) is 11.5 Å². The highest BCUT2D eigenvalue weighted by atomic mass is 35.5. The van der Waals surface area contributed by atoms with Crippen LogP contribution in [0, 0.1) is 6.92 Å². The Morgan fingerprint density at radius 3 is 2.76 bits per heavy atom. The molecule has 1 aliphatic carbocycles. The number of nitrogens with zero attached hydrogens (tertiary/aromatic N) is 3. The topological polar surface area (TPSA) is 48.1 Å². The molecule has 0 radical (unpaired) electrons. The monoisotopic (exact) mass is 377 g/mol. The van der Waals surface area contributed by atoms with E-state index in [1.54, 1.807) is 23.6 Å². The number of aromatic nitrogens is 1. The number of benzene rings is 1. The third-order valence-corrected chi connectivity index (χ3v) is 5.80. The Bertz CT molecular complexity index is 866. The van der Waals surface area contributed by atoms with E-state index in [0.29, 0.717) is 22.6 Å². The van der Waals surface area contributed by atoms with Gasteiger partial charge >= 0.3 is 0 Å². The number of fused-ring (bicyclic) bond motifs is 1. The van der Waals surface area contributed by atoms with E-state index >= 15 is 0 Å². The Morgan fingerprint density at radius 1 is 1.20 bits per heavy atom. The second kappa shape index (κ2) is 7.22. The van der Waals surface area contributed by atoms with Crippen LogP contribution in [0.1, 0.15) is 43.4 Å². The van der Waals surface area contributed by atoms with Gasteiger partial charge in [-0.1, -0.05) is 30.9 Å². The average molecular weight is 378 g/mol. The molecule has 1 aromatic carbocycles. The van der Waals surface area contributed by atoms with Gasteiger partial charge in [-0.2, -0.15) is 5.10 Å². The molecule has 0 bridgehead atoms. The normalized spacial score (nSPS) is 18.4. The first-order valence-electron chi connectivity index (χ1n) is 8.55. The van der Waals surface area contributed by atoms with Crippen molar-refractivity contribution in [1.29, 1.82) is 0 Å². The van der Waals surface area contributed by atoms with Crippen molar-refractivity contribution in [2.24, 2.45) is 10.1 Å². The van der Waals surface area contributed by atoms with Crippen LogP contribution in [0.2, 0.25) is 5.02 Å². The van der Waals surface area contributed by atoms with E-state index in [0.717, 1.165) is 16.1 Å². The summed E-state index contributed by atoms with van der Waals surface area (Å²) in [6.45, 7) is 2.27. The van der Waals surface area contributed by atoms with E-state index < -0.39 is 0 Å². The van der Waals surface area contributed by atoms with Crippen LogP contribution < -0.4 is 14.3 Å². The highest BCUT2D eigenvalue weighted by molar-refractivity contribution is 7.07. The summed E-state index contributed by atoms with van der Waals surface area (Å²) in [5, 5.41) is 7.29. The molecule has 0 atom stereocenters. The van der Waals surface area contributed by atoms with Crippen molar-refractivity contribution in [2.45, 2.75) is 45.1 Å².